The Morgan fingerprint density at radius 1 is 1.42 bits per heavy atom. The Kier molecular flexibility index (Phi) is 6.76. The molecule has 0 saturated heterocycles. The third-order valence-electron chi connectivity index (χ3n) is 1.77. The quantitative estimate of drug-likeness (QED) is 0.447. The molecular formula is C9H19NO2. The lowest BCUT2D eigenvalue weighted by Crippen LogP contribution is -2.27. The molecule has 0 unspecified atom stereocenters. The van der Waals surface area contributed by atoms with Crippen LogP contribution in [0.5, 0.6) is 0 Å². The topological polar surface area (TPSA) is 29.5 Å². The molecular weight excluding hydrogens is 154 g/mol. The van der Waals surface area contributed by atoms with E-state index < -0.39 is 0 Å². The van der Waals surface area contributed by atoms with Crippen molar-refractivity contribution in [1.29, 1.82) is 0 Å². The first-order chi connectivity index (χ1) is 5.70. The first-order valence-electron chi connectivity index (χ1n) is 4.46. The highest BCUT2D eigenvalue weighted by Crippen LogP contribution is 1.95. The Labute approximate surface area is 74.7 Å². The highest BCUT2D eigenvalue weighted by Gasteiger charge is 2.04. The van der Waals surface area contributed by atoms with Crippen LogP contribution in [-0.4, -0.2) is 38.1 Å². The van der Waals surface area contributed by atoms with E-state index in [2.05, 4.69) is 11.7 Å². The molecule has 0 bridgehead atoms. The Morgan fingerprint density at radius 3 is 2.58 bits per heavy atom. The van der Waals surface area contributed by atoms with Gasteiger partial charge in [-0.1, -0.05) is 19.8 Å². The fourth-order valence-corrected chi connectivity index (χ4v) is 0.996. The van der Waals surface area contributed by atoms with Gasteiger partial charge >= 0.3 is 5.97 Å². The SMILES string of the molecule is CCCCCN(C)CC(=O)OC. The van der Waals surface area contributed by atoms with Crippen molar-refractivity contribution >= 4 is 5.97 Å². The summed E-state index contributed by atoms with van der Waals surface area (Å²) in [7, 11) is 3.36. The molecule has 72 valence electrons. The number of methoxy groups -OCH3 is 1. The lowest BCUT2D eigenvalue weighted by molar-refractivity contribution is -0.141. The molecule has 3 heteroatoms. The predicted molar refractivity (Wildman–Crippen MR) is 49.0 cm³/mol. The van der Waals surface area contributed by atoms with E-state index in [-0.39, 0.29) is 5.97 Å². The molecule has 0 radical (unpaired) electrons. The summed E-state index contributed by atoms with van der Waals surface area (Å²) in [5.41, 5.74) is 0. The van der Waals surface area contributed by atoms with Gasteiger partial charge in [0.2, 0.25) is 0 Å². The second-order valence-corrected chi connectivity index (χ2v) is 3.02. The van der Waals surface area contributed by atoms with Crippen LogP contribution in [0.2, 0.25) is 0 Å². The molecule has 0 atom stereocenters. The average molecular weight is 173 g/mol. The van der Waals surface area contributed by atoms with Crippen molar-refractivity contribution < 1.29 is 9.53 Å². The fraction of sp³-hybridized carbons (Fsp3) is 0.889. The van der Waals surface area contributed by atoms with E-state index in [1.165, 1.54) is 20.0 Å². The van der Waals surface area contributed by atoms with E-state index in [0.29, 0.717) is 6.54 Å². The molecule has 0 aliphatic carbocycles. The smallest absolute Gasteiger partial charge is 0.319 e. The van der Waals surface area contributed by atoms with Gasteiger partial charge < -0.3 is 4.74 Å². The Bertz CT molecular complexity index is 126. The van der Waals surface area contributed by atoms with E-state index in [4.69, 9.17) is 0 Å². The summed E-state index contributed by atoms with van der Waals surface area (Å²) in [5, 5.41) is 0. The van der Waals surface area contributed by atoms with Crippen molar-refractivity contribution in [2.24, 2.45) is 0 Å². The first kappa shape index (κ1) is 11.4. The van der Waals surface area contributed by atoms with E-state index in [0.717, 1.165) is 13.0 Å². The largest absolute Gasteiger partial charge is 0.468 e. The summed E-state index contributed by atoms with van der Waals surface area (Å²) in [4.78, 5) is 12.8. The second kappa shape index (κ2) is 7.10. The molecule has 0 aromatic carbocycles. The number of hydrogen-bond acceptors (Lipinski definition) is 3. The highest BCUT2D eigenvalue weighted by molar-refractivity contribution is 5.71. The molecule has 0 aliphatic rings. The van der Waals surface area contributed by atoms with Crippen LogP contribution in [0.15, 0.2) is 0 Å². The Morgan fingerprint density at radius 2 is 2.08 bits per heavy atom. The minimum atomic E-state index is -0.158. The number of carbonyl (C=O) groups excluding carboxylic acids is 1. The summed E-state index contributed by atoms with van der Waals surface area (Å²) in [6.07, 6.45) is 3.60. The zero-order valence-corrected chi connectivity index (χ0v) is 8.30. The number of likely N-dealkylation sites (N-methyl/N-ethyl adjacent to an activating group) is 1. The maximum atomic E-state index is 10.8. The molecule has 0 saturated carbocycles. The lowest BCUT2D eigenvalue weighted by Gasteiger charge is -2.13. The molecule has 3 nitrogen and oxygen atoms in total. The van der Waals surface area contributed by atoms with E-state index in [9.17, 15) is 4.79 Å². The standard InChI is InChI=1S/C9H19NO2/c1-4-5-6-7-10(2)8-9(11)12-3/h4-8H2,1-3H3. The zero-order chi connectivity index (χ0) is 9.40. The molecule has 0 aromatic rings. The van der Waals surface area contributed by atoms with Gasteiger partial charge in [-0.25, -0.2) is 0 Å². The van der Waals surface area contributed by atoms with Gasteiger partial charge in [0.25, 0.3) is 0 Å². The van der Waals surface area contributed by atoms with Crippen molar-refractivity contribution in [2.75, 3.05) is 27.2 Å². The minimum absolute atomic E-state index is 0.158. The van der Waals surface area contributed by atoms with Gasteiger partial charge in [0, 0.05) is 0 Å². The maximum absolute atomic E-state index is 10.8. The predicted octanol–water partition coefficient (Wildman–Crippen LogP) is 1.28. The molecule has 0 aromatic heterocycles. The molecule has 0 aliphatic heterocycles. The molecule has 0 heterocycles. The fourth-order valence-electron chi connectivity index (χ4n) is 0.996. The Hall–Kier alpha value is -0.570. The molecule has 0 rings (SSSR count). The number of hydrogen-bond donors (Lipinski definition) is 0. The zero-order valence-electron chi connectivity index (χ0n) is 8.30. The van der Waals surface area contributed by atoms with E-state index >= 15 is 0 Å². The number of rotatable bonds is 6. The van der Waals surface area contributed by atoms with Gasteiger partial charge in [0.1, 0.15) is 0 Å². The summed E-state index contributed by atoms with van der Waals surface area (Å²) < 4.78 is 4.55. The summed E-state index contributed by atoms with van der Waals surface area (Å²) in [5.74, 6) is -0.158. The van der Waals surface area contributed by atoms with Crippen LogP contribution in [0, 0.1) is 0 Å². The van der Waals surface area contributed by atoms with Crippen molar-refractivity contribution in [3.8, 4) is 0 Å². The van der Waals surface area contributed by atoms with E-state index in [1.807, 2.05) is 11.9 Å². The summed E-state index contributed by atoms with van der Waals surface area (Å²) >= 11 is 0. The number of nitrogens with zero attached hydrogens (tertiary/aromatic N) is 1. The third kappa shape index (κ3) is 6.16. The number of ether oxygens (including phenoxy) is 1. The molecule has 12 heavy (non-hydrogen) atoms. The number of unbranched alkanes of at least 4 members (excludes halogenated alkanes) is 2. The highest BCUT2D eigenvalue weighted by atomic mass is 16.5. The first-order valence-corrected chi connectivity index (χ1v) is 4.46. The molecule has 0 N–H and O–H groups in total. The van der Waals surface area contributed by atoms with Crippen LogP contribution >= 0.6 is 0 Å². The van der Waals surface area contributed by atoms with Crippen LogP contribution in [0.25, 0.3) is 0 Å². The number of esters is 1. The van der Waals surface area contributed by atoms with Gasteiger partial charge in [0.15, 0.2) is 0 Å². The maximum Gasteiger partial charge on any atom is 0.319 e. The number of carbonyl (C=O) groups is 1. The third-order valence-corrected chi connectivity index (χ3v) is 1.77. The molecule has 0 fully saturated rings. The Balaban J connectivity index is 3.32. The molecule has 0 amide bonds. The minimum Gasteiger partial charge on any atom is -0.468 e. The van der Waals surface area contributed by atoms with Gasteiger partial charge in [-0.2, -0.15) is 0 Å². The second-order valence-electron chi connectivity index (χ2n) is 3.02. The van der Waals surface area contributed by atoms with Crippen LogP contribution in [0.1, 0.15) is 26.2 Å². The summed E-state index contributed by atoms with van der Waals surface area (Å²) in [6.45, 7) is 3.55. The monoisotopic (exact) mass is 173 g/mol. The van der Waals surface area contributed by atoms with Crippen molar-refractivity contribution in [1.82, 2.24) is 4.90 Å². The van der Waals surface area contributed by atoms with Gasteiger partial charge in [-0.3, -0.25) is 9.69 Å². The molecule has 0 spiro atoms. The lowest BCUT2D eigenvalue weighted by atomic mass is 10.2. The normalized spacial score (nSPS) is 10.3. The van der Waals surface area contributed by atoms with Crippen LogP contribution < -0.4 is 0 Å². The van der Waals surface area contributed by atoms with Gasteiger partial charge in [-0.15, -0.1) is 0 Å². The van der Waals surface area contributed by atoms with Crippen LogP contribution in [-0.2, 0) is 9.53 Å². The van der Waals surface area contributed by atoms with Gasteiger partial charge in [-0.05, 0) is 20.0 Å². The van der Waals surface area contributed by atoms with Crippen molar-refractivity contribution in [3.05, 3.63) is 0 Å². The van der Waals surface area contributed by atoms with E-state index in [1.54, 1.807) is 0 Å². The van der Waals surface area contributed by atoms with Crippen LogP contribution in [0.3, 0.4) is 0 Å². The van der Waals surface area contributed by atoms with Crippen LogP contribution in [0.4, 0.5) is 0 Å². The summed E-state index contributed by atoms with van der Waals surface area (Å²) in [6, 6.07) is 0. The van der Waals surface area contributed by atoms with Gasteiger partial charge in [0.05, 0.1) is 13.7 Å². The average Bonchev–Trinajstić information content (AvgIpc) is 2.05. The van der Waals surface area contributed by atoms with Crippen molar-refractivity contribution in [3.63, 3.8) is 0 Å². The van der Waals surface area contributed by atoms with Crippen molar-refractivity contribution in [2.45, 2.75) is 26.2 Å².